The van der Waals surface area contributed by atoms with E-state index in [1.165, 1.54) is 32.4 Å². The van der Waals surface area contributed by atoms with Gasteiger partial charge in [-0.1, -0.05) is 20.8 Å². The minimum absolute atomic E-state index is 0.443. The van der Waals surface area contributed by atoms with Crippen LogP contribution in [-0.2, 0) is 4.74 Å². The highest BCUT2D eigenvalue weighted by molar-refractivity contribution is 4.93. The number of rotatable bonds is 5. The molecule has 3 nitrogen and oxygen atoms in total. The van der Waals surface area contributed by atoms with Crippen LogP contribution in [0, 0.1) is 11.8 Å². The van der Waals surface area contributed by atoms with Crippen LogP contribution < -0.4 is 5.32 Å². The average Bonchev–Trinajstić information content (AvgIpc) is 2.30. The summed E-state index contributed by atoms with van der Waals surface area (Å²) in [7, 11) is 1.86. The Labute approximate surface area is 112 Å². The maximum atomic E-state index is 5.63. The van der Waals surface area contributed by atoms with Crippen LogP contribution in [0.1, 0.15) is 40.0 Å². The molecule has 1 N–H and O–H groups in total. The van der Waals surface area contributed by atoms with Gasteiger partial charge in [-0.05, 0) is 44.2 Å². The molecule has 0 aromatic heterocycles. The van der Waals surface area contributed by atoms with Gasteiger partial charge in [0.1, 0.15) is 0 Å². The third-order valence-corrected chi connectivity index (χ3v) is 4.86. The first-order valence-corrected chi connectivity index (χ1v) is 7.62. The zero-order valence-electron chi connectivity index (χ0n) is 12.5. The van der Waals surface area contributed by atoms with Crippen LogP contribution >= 0.6 is 0 Å². The molecule has 0 aromatic carbocycles. The van der Waals surface area contributed by atoms with Gasteiger partial charge >= 0.3 is 0 Å². The van der Waals surface area contributed by atoms with E-state index in [1.807, 2.05) is 7.11 Å². The fourth-order valence-electron chi connectivity index (χ4n) is 3.32. The zero-order valence-corrected chi connectivity index (χ0v) is 12.5. The Morgan fingerprint density at radius 2 is 2.06 bits per heavy atom. The van der Waals surface area contributed by atoms with Crippen molar-refractivity contribution in [3.8, 4) is 0 Å². The lowest BCUT2D eigenvalue weighted by Gasteiger charge is -2.48. The number of hydrogen-bond donors (Lipinski definition) is 1. The molecule has 2 rings (SSSR count). The Hall–Kier alpha value is -0.120. The molecule has 2 fully saturated rings. The first kappa shape index (κ1) is 14.3. The van der Waals surface area contributed by atoms with Crippen LogP contribution in [0.25, 0.3) is 0 Å². The lowest BCUT2D eigenvalue weighted by atomic mass is 9.77. The van der Waals surface area contributed by atoms with Gasteiger partial charge < -0.3 is 10.1 Å². The monoisotopic (exact) mass is 254 g/mol. The SMILES string of the molecule is COC1CN(C2CCC2CNC(C)C)CCC1C. The molecule has 0 spiro atoms. The van der Waals surface area contributed by atoms with Gasteiger partial charge in [0.2, 0.25) is 0 Å². The summed E-state index contributed by atoms with van der Waals surface area (Å²) < 4.78 is 5.63. The molecule has 1 aliphatic carbocycles. The molecule has 1 heterocycles. The van der Waals surface area contributed by atoms with Gasteiger partial charge in [-0.2, -0.15) is 0 Å². The van der Waals surface area contributed by atoms with Crippen LogP contribution in [0.15, 0.2) is 0 Å². The second-order valence-electron chi connectivity index (χ2n) is 6.50. The van der Waals surface area contributed by atoms with E-state index in [0.717, 1.165) is 24.4 Å². The Morgan fingerprint density at radius 1 is 1.28 bits per heavy atom. The molecular formula is C15H30N2O. The largest absolute Gasteiger partial charge is 0.380 e. The van der Waals surface area contributed by atoms with Crippen LogP contribution in [0.5, 0.6) is 0 Å². The lowest BCUT2D eigenvalue weighted by molar-refractivity contribution is -0.0474. The number of nitrogens with zero attached hydrogens (tertiary/aromatic N) is 1. The van der Waals surface area contributed by atoms with Crippen LogP contribution in [0.3, 0.4) is 0 Å². The summed E-state index contributed by atoms with van der Waals surface area (Å²) in [5.74, 6) is 1.58. The summed E-state index contributed by atoms with van der Waals surface area (Å²) >= 11 is 0. The van der Waals surface area contributed by atoms with E-state index >= 15 is 0 Å². The number of methoxy groups -OCH3 is 1. The summed E-state index contributed by atoms with van der Waals surface area (Å²) in [6, 6.07) is 1.42. The van der Waals surface area contributed by atoms with Gasteiger partial charge in [0, 0.05) is 25.7 Å². The van der Waals surface area contributed by atoms with Crippen molar-refractivity contribution in [3.63, 3.8) is 0 Å². The molecule has 2 aliphatic rings. The smallest absolute Gasteiger partial charge is 0.0724 e. The molecular weight excluding hydrogens is 224 g/mol. The van der Waals surface area contributed by atoms with Crippen molar-refractivity contribution in [3.05, 3.63) is 0 Å². The Kier molecular flexibility index (Phi) is 5.05. The molecule has 0 aromatic rings. The molecule has 18 heavy (non-hydrogen) atoms. The maximum Gasteiger partial charge on any atom is 0.0724 e. The van der Waals surface area contributed by atoms with E-state index in [0.29, 0.717) is 12.1 Å². The van der Waals surface area contributed by atoms with Gasteiger partial charge in [-0.3, -0.25) is 4.90 Å². The average molecular weight is 254 g/mol. The number of ether oxygens (including phenoxy) is 1. The normalized spacial score (nSPS) is 37.8. The molecule has 1 saturated carbocycles. The second kappa shape index (κ2) is 6.36. The Balaban J connectivity index is 1.80. The predicted octanol–water partition coefficient (Wildman–Crippen LogP) is 2.12. The molecule has 106 valence electrons. The van der Waals surface area contributed by atoms with Gasteiger partial charge in [0.05, 0.1) is 6.10 Å². The van der Waals surface area contributed by atoms with E-state index < -0.39 is 0 Å². The van der Waals surface area contributed by atoms with Gasteiger partial charge in [-0.15, -0.1) is 0 Å². The fraction of sp³-hybridized carbons (Fsp3) is 1.00. The van der Waals surface area contributed by atoms with Crippen molar-refractivity contribution in [2.75, 3.05) is 26.7 Å². The number of hydrogen-bond acceptors (Lipinski definition) is 3. The third kappa shape index (κ3) is 3.25. The zero-order chi connectivity index (χ0) is 13.1. The Bertz CT molecular complexity index is 257. The molecule has 0 amide bonds. The quantitative estimate of drug-likeness (QED) is 0.813. The number of likely N-dealkylation sites (tertiary alicyclic amines) is 1. The van der Waals surface area contributed by atoms with Gasteiger partial charge in [0.15, 0.2) is 0 Å². The molecule has 0 bridgehead atoms. The van der Waals surface area contributed by atoms with Crippen molar-refractivity contribution < 1.29 is 4.74 Å². The van der Waals surface area contributed by atoms with Crippen molar-refractivity contribution in [2.24, 2.45) is 11.8 Å². The van der Waals surface area contributed by atoms with Crippen LogP contribution in [0.4, 0.5) is 0 Å². The molecule has 4 unspecified atom stereocenters. The second-order valence-corrected chi connectivity index (χ2v) is 6.50. The standard InChI is InChI=1S/C15H30N2O/c1-11(2)16-9-13-5-6-14(13)17-8-7-12(3)15(10-17)18-4/h11-16H,5-10H2,1-4H3. The summed E-state index contributed by atoms with van der Waals surface area (Å²) in [6.45, 7) is 10.4. The topological polar surface area (TPSA) is 24.5 Å². The maximum absolute atomic E-state index is 5.63. The molecule has 1 aliphatic heterocycles. The minimum Gasteiger partial charge on any atom is -0.380 e. The molecule has 3 heteroatoms. The predicted molar refractivity (Wildman–Crippen MR) is 75.8 cm³/mol. The summed E-state index contributed by atoms with van der Waals surface area (Å²) in [5, 5.41) is 3.59. The van der Waals surface area contributed by atoms with E-state index in [4.69, 9.17) is 4.74 Å². The lowest BCUT2D eigenvalue weighted by Crippen LogP contribution is -2.56. The van der Waals surface area contributed by atoms with Crippen LogP contribution in [-0.4, -0.2) is 49.8 Å². The summed E-state index contributed by atoms with van der Waals surface area (Å²) in [6.07, 6.45) is 4.51. The number of piperidine rings is 1. The van der Waals surface area contributed by atoms with Crippen molar-refractivity contribution >= 4 is 0 Å². The van der Waals surface area contributed by atoms with E-state index in [2.05, 4.69) is 31.0 Å². The highest BCUT2D eigenvalue weighted by atomic mass is 16.5. The Morgan fingerprint density at radius 3 is 2.61 bits per heavy atom. The summed E-state index contributed by atoms with van der Waals surface area (Å²) in [4.78, 5) is 2.68. The van der Waals surface area contributed by atoms with E-state index in [-0.39, 0.29) is 0 Å². The van der Waals surface area contributed by atoms with Crippen molar-refractivity contribution in [1.82, 2.24) is 10.2 Å². The van der Waals surface area contributed by atoms with Gasteiger partial charge in [-0.25, -0.2) is 0 Å². The number of nitrogens with one attached hydrogen (secondary N) is 1. The van der Waals surface area contributed by atoms with Crippen molar-refractivity contribution in [1.29, 1.82) is 0 Å². The van der Waals surface area contributed by atoms with E-state index in [9.17, 15) is 0 Å². The molecule has 1 saturated heterocycles. The first-order chi connectivity index (χ1) is 8.61. The summed E-state index contributed by atoms with van der Waals surface area (Å²) in [5.41, 5.74) is 0. The third-order valence-electron chi connectivity index (χ3n) is 4.86. The van der Waals surface area contributed by atoms with Gasteiger partial charge in [0.25, 0.3) is 0 Å². The highest BCUT2D eigenvalue weighted by Gasteiger charge is 2.38. The van der Waals surface area contributed by atoms with E-state index in [1.54, 1.807) is 0 Å². The molecule has 4 atom stereocenters. The fourth-order valence-corrected chi connectivity index (χ4v) is 3.32. The van der Waals surface area contributed by atoms with Crippen LogP contribution in [0.2, 0.25) is 0 Å². The molecule has 0 radical (unpaired) electrons. The highest BCUT2D eigenvalue weighted by Crippen LogP contribution is 2.34. The van der Waals surface area contributed by atoms with Crippen molar-refractivity contribution in [2.45, 2.75) is 58.2 Å². The first-order valence-electron chi connectivity index (χ1n) is 7.62. The minimum atomic E-state index is 0.443.